The summed E-state index contributed by atoms with van der Waals surface area (Å²) in [5.41, 5.74) is 0.536. The van der Waals surface area contributed by atoms with Crippen LogP contribution >= 0.6 is 0 Å². The molecule has 2 aliphatic rings. The standard InChI is InChI=1S/C14H28N2O/c1-4-14(6-7-15-10-14)11-16-8-5-13(17-3)9-12(16)2/h12-13,15H,4-11H2,1-3H3. The molecule has 1 N–H and O–H groups in total. The van der Waals surface area contributed by atoms with Gasteiger partial charge in [-0.25, -0.2) is 0 Å². The normalized spacial score (nSPS) is 39.7. The van der Waals surface area contributed by atoms with Crippen molar-refractivity contribution in [1.29, 1.82) is 0 Å². The van der Waals surface area contributed by atoms with Crippen LogP contribution in [0.2, 0.25) is 0 Å². The maximum absolute atomic E-state index is 5.49. The van der Waals surface area contributed by atoms with E-state index in [4.69, 9.17) is 4.74 Å². The van der Waals surface area contributed by atoms with Gasteiger partial charge in [-0.05, 0) is 44.6 Å². The van der Waals surface area contributed by atoms with Crippen molar-refractivity contribution in [3.63, 3.8) is 0 Å². The number of rotatable bonds is 4. The molecule has 0 bridgehead atoms. The Balaban J connectivity index is 1.90. The van der Waals surface area contributed by atoms with Gasteiger partial charge in [0.15, 0.2) is 0 Å². The van der Waals surface area contributed by atoms with E-state index in [-0.39, 0.29) is 0 Å². The van der Waals surface area contributed by atoms with Crippen LogP contribution in [0.15, 0.2) is 0 Å². The number of hydrogen-bond donors (Lipinski definition) is 1. The number of hydrogen-bond acceptors (Lipinski definition) is 3. The molecule has 2 fully saturated rings. The predicted molar refractivity (Wildman–Crippen MR) is 71.3 cm³/mol. The Morgan fingerprint density at radius 2 is 2.29 bits per heavy atom. The van der Waals surface area contributed by atoms with Gasteiger partial charge in [0.25, 0.3) is 0 Å². The first-order valence-corrected chi connectivity index (χ1v) is 7.17. The molecule has 0 aliphatic carbocycles. The molecular formula is C14H28N2O. The molecule has 100 valence electrons. The molecule has 0 aromatic heterocycles. The Hall–Kier alpha value is -0.120. The Bertz CT molecular complexity index is 238. The fourth-order valence-electron chi connectivity index (χ4n) is 3.40. The second kappa shape index (κ2) is 5.68. The fourth-order valence-corrected chi connectivity index (χ4v) is 3.40. The van der Waals surface area contributed by atoms with Crippen molar-refractivity contribution in [2.75, 3.05) is 33.3 Å². The van der Waals surface area contributed by atoms with E-state index in [1.54, 1.807) is 0 Å². The number of nitrogens with one attached hydrogen (secondary N) is 1. The zero-order chi connectivity index (χ0) is 12.3. The molecule has 0 spiro atoms. The summed E-state index contributed by atoms with van der Waals surface area (Å²) in [6.45, 7) is 9.60. The lowest BCUT2D eigenvalue weighted by atomic mass is 9.82. The van der Waals surface area contributed by atoms with Crippen molar-refractivity contribution in [3.05, 3.63) is 0 Å². The number of methoxy groups -OCH3 is 1. The van der Waals surface area contributed by atoms with E-state index in [1.165, 1.54) is 51.9 Å². The summed E-state index contributed by atoms with van der Waals surface area (Å²) in [5, 5.41) is 3.54. The van der Waals surface area contributed by atoms with Crippen LogP contribution in [0.25, 0.3) is 0 Å². The highest BCUT2D eigenvalue weighted by molar-refractivity contribution is 4.92. The van der Waals surface area contributed by atoms with Gasteiger partial charge in [-0.2, -0.15) is 0 Å². The Morgan fingerprint density at radius 1 is 1.47 bits per heavy atom. The first-order chi connectivity index (χ1) is 8.19. The zero-order valence-corrected chi connectivity index (χ0v) is 11.7. The van der Waals surface area contributed by atoms with Crippen LogP contribution in [-0.2, 0) is 4.74 Å². The van der Waals surface area contributed by atoms with E-state index < -0.39 is 0 Å². The third-order valence-electron chi connectivity index (χ3n) is 4.92. The van der Waals surface area contributed by atoms with E-state index >= 15 is 0 Å². The van der Waals surface area contributed by atoms with Crippen LogP contribution < -0.4 is 5.32 Å². The average Bonchev–Trinajstić information content (AvgIpc) is 2.81. The van der Waals surface area contributed by atoms with Gasteiger partial charge in [0, 0.05) is 32.8 Å². The highest BCUT2D eigenvalue weighted by Crippen LogP contribution is 2.32. The van der Waals surface area contributed by atoms with Gasteiger partial charge in [-0.3, -0.25) is 4.90 Å². The van der Waals surface area contributed by atoms with Gasteiger partial charge in [0.2, 0.25) is 0 Å². The summed E-state index contributed by atoms with van der Waals surface area (Å²) in [6, 6.07) is 0.678. The SMILES string of the molecule is CCC1(CN2CCC(OC)CC2C)CCNC1. The summed E-state index contributed by atoms with van der Waals surface area (Å²) in [7, 11) is 1.85. The number of nitrogens with zero attached hydrogens (tertiary/aromatic N) is 1. The minimum atomic E-state index is 0.487. The van der Waals surface area contributed by atoms with Crippen molar-refractivity contribution in [3.8, 4) is 0 Å². The number of likely N-dealkylation sites (tertiary alicyclic amines) is 1. The van der Waals surface area contributed by atoms with E-state index in [9.17, 15) is 0 Å². The number of piperidine rings is 1. The van der Waals surface area contributed by atoms with Gasteiger partial charge in [-0.15, -0.1) is 0 Å². The zero-order valence-electron chi connectivity index (χ0n) is 11.7. The molecular weight excluding hydrogens is 212 g/mol. The molecule has 3 atom stereocenters. The molecule has 0 amide bonds. The molecule has 2 rings (SSSR count). The third kappa shape index (κ3) is 3.01. The second-order valence-electron chi connectivity index (χ2n) is 5.98. The molecule has 0 saturated carbocycles. The maximum Gasteiger partial charge on any atom is 0.0598 e. The predicted octanol–water partition coefficient (Wildman–Crippen LogP) is 1.88. The lowest BCUT2D eigenvalue weighted by Gasteiger charge is -2.42. The Labute approximate surface area is 106 Å². The van der Waals surface area contributed by atoms with Crippen molar-refractivity contribution in [2.24, 2.45) is 5.41 Å². The highest BCUT2D eigenvalue weighted by Gasteiger charge is 2.36. The van der Waals surface area contributed by atoms with Gasteiger partial charge >= 0.3 is 0 Å². The van der Waals surface area contributed by atoms with Crippen molar-refractivity contribution in [1.82, 2.24) is 10.2 Å². The highest BCUT2D eigenvalue weighted by atomic mass is 16.5. The third-order valence-corrected chi connectivity index (χ3v) is 4.92. The first kappa shape index (κ1) is 13.3. The molecule has 3 nitrogen and oxygen atoms in total. The smallest absolute Gasteiger partial charge is 0.0598 e. The lowest BCUT2D eigenvalue weighted by Crippen LogP contribution is -2.48. The van der Waals surface area contributed by atoms with Gasteiger partial charge in [0.05, 0.1) is 6.10 Å². The molecule has 0 radical (unpaired) electrons. The van der Waals surface area contributed by atoms with E-state index in [0.717, 1.165) is 0 Å². The molecule has 0 aromatic rings. The lowest BCUT2D eigenvalue weighted by molar-refractivity contribution is 0.000546. The van der Waals surface area contributed by atoms with Crippen LogP contribution in [-0.4, -0.2) is 50.3 Å². The minimum absolute atomic E-state index is 0.487. The van der Waals surface area contributed by atoms with E-state index in [0.29, 0.717) is 17.6 Å². The van der Waals surface area contributed by atoms with Gasteiger partial charge < -0.3 is 10.1 Å². The summed E-state index contributed by atoms with van der Waals surface area (Å²) >= 11 is 0. The van der Waals surface area contributed by atoms with Crippen LogP contribution in [0.5, 0.6) is 0 Å². The van der Waals surface area contributed by atoms with Gasteiger partial charge in [0.1, 0.15) is 0 Å². The first-order valence-electron chi connectivity index (χ1n) is 7.17. The molecule has 2 aliphatic heterocycles. The van der Waals surface area contributed by atoms with Crippen molar-refractivity contribution >= 4 is 0 Å². The molecule has 2 heterocycles. The van der Waals surface area contributed by atoms with E-state index in [1.807, 2.05) is 7.11 Å². The Morgan fingerprint density at radius 3 is 2.82 bits per heavy atom. The van der Waals surface area contributed by atoms with Crippen LogP contribution in [0.4, 0.5) is 0 Å². The fraction of sp³-hybridized carbons (Fsp3) is 1.00. The average molecular weight is 240 g/mol. The quantitative estimate of drug-likeness (QED) is 0.812. The summed E-state index contributed by atoms with van der Waals surface area (Å²) in [4.78, 5) is 2.69. The molecule has 3 heteroatoms. The van der Waals surface area contributed by atoms with Crippen LogP contribution in [0.3, 0.4) is 0 Å². The van der Waals surface area contributed by atoms with Crippen molar-refractivity contribution in [2.45, 2.75) is 51.7 Å². The molecule has 0 aromatic carbocycles. The van der Waals surface area contributed by atoms with E-state index in [2.05, 4.69) is 24.1 Å². The van der Waals surface area contributed by atoms with Crippen LogP contribution in [0.1, 0.15) is 39.5 Å². The summed E-state index contributed by atoms with van der Waals surface area (Å²) in [5.74, 6) is 0. The summed E-state index contributed by atoms with van der Waals surface area (Å²) in [6.07, 6.45) is 5.54. The second-order valence-corrected chi connectivity index (χ2v) is 5.98. The largest absolute Gasteiger partial charge is 0.381 e. The van der Waals surface area contributed by atoms with Crippen molar-refractivity contribution < 1.29 is 4.74 Å². The summed E-state index contributed by atoms with van der Waals surface area (Å²) < 4.78 is 5.49. The number of ether oxygens (including phenoxy) is 1. The minimum Gasteiger partial charge on any atom is -0.381 e. The molecule has 2 saturated heterocycles. The monoisotopic (exact) mass is 240 g/mol. The maximum atomic E-state index is 5.49. The van der Waals surface area contributed by atoms with Crippen LogP contribution in [0, 0.1) is 5.41 Å². The topological polar surface area (TPSA) is 24.5 Å². The Kier molecular flexibility index (Phi) is 4.45. The molecule has 3 unspecified atom stereocenters. The molecule has 17 heavy (non-hydrogen) atoms. The van der Waals surface area contributed by atoms with Gasteiger partial charge in [-0.1, -0.05) is 6.92 Å².